The molecule has 0 aromatic rings. The van der Waals surface area contributed by atoms with Gasteiger partial charge < -0.3 is 5.11 Å². The number of aliphatic hydroxyl groups is 1. The Labute approximate surface area is 80.8 Å². The topological polar surface area (TPSA) is 20.2 Å². The molecule has 0 spiro atoms. The minimum absolute atomic E-state index is 0.0481. The molecule has 0 saturated heterocycles. The molecule has 1 heteroatoms. The Morgan fingerprint density at radius 3 is 2.46 bits per heavy atom. The molecule has 0 amide bonds. The van der Waals surface area contributed by atoms with Gasteiger partial charge in [-0.2, -0.15) is 0 Å². The van der Waals surface area contributed by atoms with Crippen LogP contribution in [0.15, 0.2) is 12.2 Å². The molecule has 0 aliphatic heterocycles. The largest absolute Gasteiger partial charge is 0.392 e. The second kappa shape index (κ2) is 4.28. The van der Waals surface area contributed by atoms with Crippen LogP contribution in [0.3, 0.4) is 0 Å². The summed E-state index contributed by atoms with van der Waals surface area (Å²) < 4.78 is 0. The number of allylic oxidation sites excluding steroid dienone is 1. The van der Waals surface area contributed by atoms with E-state index in [-0.39, 0.29) is 6.10 Å². The van der Waals surface area contributed by atoms with E-state index in [0.717, 1.165) is 18.8 Å². The fourth-order valence-corrected chi connectivity index (χ4v) is 2.83. The lowest BCUT2D eigenvalue weighted by molar-refractivity contribution is 0.0732. The minimum atomic E-state index is -0.0481. The van der Waals surface area contributed by atoms with Crippen LogP contribution in [-0.2, 0) is 0 Å². The van der Waals surface area contributed by atoms with Crippen LogP contribution < -0.4 is 0 Å². The maximum atomic E-state index is 9.87. The van der Waals surface area contributed by atoms with Gasteiger partial charge in [0.25, 0.3) is 0 Å². The molecule has 0 unspecified atom stereocenters. The van der Waals surface area contributed by atoms with Crippen molar-refractivity contribution < 1.29 is 5.11 Å². The second-order valence-electron chi connectivity index (χ2n) is 4.55. The molecule has 1 saturated carbocycles. The maximum absolute atomic E-state index is 9.87. The highest BCUT2D eigenvalue weighted by Gasteiger charge is 2.28. The van der Waals surface area contributed by atoms with Crippen LogP contribution in [0.2, 0.25) is 0 Å². The Hall–Kier alpha value is -0.300. The highest BCUT2D eigenvalue weighted by Crippen LogP contribution is 2.35. The quantitative estimate of drug-likeness (QED) is 0.615. The van der Waals surface area contributed by atoms with Crippen molar-refractivity contribution in [3.8, 4) is 0 Å². The van der Waals surface area contributed by atoms with E-state index in [1.165, 1.54) is 32.1 Å². The molecule has 13 heavy (non-hydrogen) atoms. The summed E-state index contributed by atoms with van der Waals surface area (Å²) in [4.78, 5) is 0. The van der Waals surface area contributed by atoms with Crippen molar-refractivity contribution in [1.82, 2.24) is 0 Å². The summed E-state index contributed by atoms with van der Waals surface area (Å²) in [6, 6.07) is 0. The molecular formula is C12H20O. The van der Waals surface area contributed by atoms with Gasteiger partial charge in [0.05, 0.1) is 6.10 Å². The summed E-state index contributed by atoms with van der Waals surface area (Å²) in [5.74, 6) is 1.26. The maximum Gasteiger partial charge on any atom is 0.0608 e. The van der Waals surface area contributed by atoms with E-state index in [4.69, 9.17) is 0 Å². The normalized spacial score (nSPS) is 36.4. The summed E-state index contributed by atoms with van der Waals surface area (Å²) >= 11 is 0. The van der Waals surface area contributed by atoms with Crippen LogP contribution >= 0.6 is 0 Å². The number of hydrogen-bond acceptors (Lipinski definition) is 1. The molecular weight excluding hydrogens is 160 g/mol. The summed E-state index contributed by atoms with van der Waals surface area (Å²) in [5, 5.41) is 9.87. The first kappa shape index (κ1) is 9.26. The molecule has 0 aromatic heterocycles. The molecule has 2 aliphatic carbocycles. The SMILES string of the molecule is O[C@H]1CCC=C[C@@H]1C1CCCCC1. The predicted molar refractivity (Wildman–Crippen MR) is 54.4 cm³/mol. The summed E-state index contributed by atoms with van der Waals surface area (Å²) in [6.45, 7) is 0. The first-order valence-electron chi connectivity index (χ1n) is 5.72. The monoisotopic (exact) mass is 180 g/mol. The van der Waals surface area contributed by atoms with Crippen molar-refractivity contribution in [1.29, 1.82) is 0 Å². The molecule has 2 rings (SSSR count). The van der Waals surface area contributed by atoms with E-state index < -0.39 is 0 Å². The Kier molecular flexibility index (Phi) is 3.05. The molecule has 2 aliphatic rings. The van der Waals surface area contributed by atoms with Crippen molar-refractivity contribution >= 4 is 0 Å². The first-order valence-corrected chi connectivity index (χ1v) is 5.72. The lowest BCUT2D eigenvalue weighted by Crippen LogP contribution is -2.29. The van der Waals surface area contributed by atoms with Gasteiger partial charge in [-0.25, -0.2) is 0 Å². The Bertz CT molecular complexity index is 180. The zero-order valence-corrected chi connectivity index (χ0v) is 8.28. The molecule has 0 aromatic carbocycles. The summed E-state index contributed by atoms with van der Waals surface area (Å²) in [5.41, 5.74) is 0. The van der Waals surface area contributed by atoms with Crippen molar-refractivity contribution in [2.45, 2.75) is 51.0 Å². The van der Waals surface area contributed by atoms with Crippen LogP contribution in [0.1, 0.15) is 44.9 Å². The van der Waals surface area contributed by atoms with Gasteiger partial charge in [-0.3, -0.25) is 0 Å². The molecule has 2 atom stereocenters. The highest BCUT2D eigenvalue weighted by molar-refractivity contribution is 5.00. The van der Waals surface area contributed by atoms with E-state index in [1.807, 2.05) is 0 Å². The van der Waals surface area contributed by atoms with Crippen molar-refractivity contribution in [3.05, 3.63) is 12.2 Å². The van der Waals surface area contributed by atoms with Crippen molar-refractivity contribution in [3.63, 3.8) is 0 Å². The van der Waals surface area contributed by atoms with Gasteiger partial charge in [0.15, 0.2) is 0 Å². The highest BCUT2D eigenvalue weighted by atomic mass is 16.3. The van der Waals surface area contributed by atoms with Gasteiger partial charge in [0.2, 0.25) is 0 Å². The molecule has 0 bridgehead atoms. The third kappa shape index (κ3) is 2.14. The van der Waals surface area contributed by atoms with E-state index in [0.29, 0.717) is 5.92 Å². The number of rotatable bonds is 1. The van der Waals surface area contributed by atoms with Gasteiger partial charge >= 0.3 is 0 Å². The van der Waals surface area contributed by atoms with Gasteiger partial charge in [-0.1, -0.05) is 31.4 Å². The Balaban J connectivity index is 1.96. The number of hydrogen-bond donors (Lipinski definition) is 1. The minimum Gasteiger partial charge on any atom is -0.392 e. The van der Waals surface area contributed by atoms with Crippen molar-refractivity contribution in [2.24, 2.45) is 11.8 Å². The summed E-state index contributed by atoms with van der Waals surface area (Å²) in [7, 11) is 0. The fraction of sp³-hybridized carbons (Fsp3) is 0.833. The molecule has 1 fully saturated rings. The van der Waals surface area contributed by atoms with E-state index in [9.17, 15) is 5.11 Å². The van der Waals surface area contributed by atoms with E-state index in [2.05, 4.69) is 12.2 Å². The average Bonchev–Trinajstić information content (AvgIpc) is 2.20. The molecule has 74 valence electrons. The zero-order valence-electron chi connectivity index (χ0n) is 8.28. The van der Waals surface area contributed by atoms with Crippen LogP contribution in [0.4, 0.5) is 0 Å². The molecule has 1 nitrogen and oxygen atoms in total. The zero-order chi connectivity index (χ0) is 9.10. The lowest BCUT2D eigenvalue weighted by atomic mass is 9.75. The average molecular weight is 180 g/mol. The summed E-state index contributed by atoms with van der Waals surface area (Å²) in [6.07, 6.45) is 13.4. The van der Waals surface area contributed by atoms with Crippen LogP contribution in [-0.4, -0.2) is 11.2 Å². The van der Waals surface area contributed by atoms with Crippen molar-refractivity contribution in [2.75, 3.05) is 0 Å². The lowest BCUT2D eigenvalue weighted by Gasteiger charge is -2.33. The van der Waals surface area contributed by atoms with Gasteiger partial charge in [0, 0.05) is 5.92 Å². The smallest absolute Gasteiger partial charge is 0.0608 e. The number of aliphatic hydroxyl groups excluding tert-OH is 1. The molecule has 1 N–H and O–H groups in total. The second-order valence-corrected chi connectivity index (χ2v) is 4.55. The van der Waals surface area contributed by atoms with E-state index >= 15 is 0 Å². The standard InChI is InChI=1S/C12H20O/c13-12-9-5-4-8-11(12)10-6-2-1-3-7-10/h4,8,10-13H,1-3,5-7,9H2/t11-,12+/m1/s1. The van der Waals surface area contributed by atoms with Gasteiger partial charge in [0.1, 0.15) is 0 Å². The Morgan fingerprint density at radius 2 is 1.77 bits per heavy atom. The molecule has 0 radical (unpaired) electrons. The Morgan fingerprint density at radius 1 is 1.00 bits per heavy atom. The third-order valence-electron chi connectivity index (χ3n) is 3.63. The van der Waals surface area contributed by atoms with E-state index in [1.54, 1.807) is 0 Å². The predicted octanol–water partition coefficient (Wildman–Crippen LogP) is 2.89. The van der Waals surface area contributed by atoms with Gasteiger partial charge in [-0.05, 0) is 31.6 Å². The first-order chi connectivity index (χ1) is 6.38. The fourth-order valence-electron chi connectivity index (χ4n) is 2.83. The van der Waals surface area contributed by atoms with Crippen LogP contribution in [0, 0.1) is 11.8 Å². The third-order valence-corrected chi connectivity index (χ3v) is 3.63. The molecule has 0 heterocycles. The van der Waals surface area contributed by atoms with Crippen LogP contribution in [0.5, 0.6) is 0 Å². The van der Waals surface area contributed by atoms with Gasteiger partial charge in [-0.15, -0.1) is 0 Å². The van der Waals surface area contributed by atoms with Crippen LogP contribution in [0.25, 0.3) is 0 Å².